The minimum atomic E-state index is -0.567. The summed E-state index contributed by atoms with van der Waals surface area (Å²) in [6.07, 6.45) is 0. The Morgan fingerprint density at radius 2 is 1.52 bits per heavy atom. The zero-order valence-corrected chi connectivity index (χ0v) is 11.6. The molecule has 0 bridgehead atoms. The fraction of sp³-hybridized carbons (Fsp3) is 0.0588. The summed E-state index contributed by atoms with van der Waals surface area (Å²) in [5.74, 6) is -1.01. The Bertz CT molecular complexity index is 676. The fourth-order valence-corrected chi connectivity index (χ4v) is 1.89. The Hall–Kier alpha value is -2.88. The highest BCUT2D eigenvalue weighted by Gasteiger charge is 2.14. The molecule has 1 amide bonds. The highest BCUT2D eigenvalue weighted by molar-refractivity contribution is 6.27. The summed E-state index contributed by atoms with van der Waals surface area (Å²) in [5.41, 5.74) is 0.770. The summed E-state index contributed by atoms with van der Waals surface area (Å²) in [6, 6.07) is 17.3. The van der Waals surface area contributed by atoms with E-state index in [4.69, 9.17) is 5.41 Å². The highest BCUT2D eigenvalue weighted by atomic mass is 16.3. The van der Waals surface area contributed by atoms with E-state index in [1.54, 1.807) is 54.6 Å². The first-order valence-electron chi connectivity index (χ1n) is 6.48. The number of hydrogen-bond donors (Lipinski definition) is 2. The summed E-state index contributed by atoms with van der Waals surface area (Å²) in [7, 11) is 0. The van der Waals surface area contributed by atoms with E-state index in [-0.39, 0.29) is 11.3 Å². The van der Waals surface area contributed by atoms with Gasteiger partial charge in [0.1, 0.15) is 0 Å². The number of anilines is 1. The zero-order chi connectivity index (χ0) is 15.2. The molecule has 0 unspecified atom stereocenters. The second-order valence-corrected chi connectivity index (χ2v) is 4.52. The molecule has 4 heteroatoms. The van der Waals surface area contributed by atoms with Gasteiger partial charge < -0.3 is 15.8 Å². The fourth-order valence-electron chi connectivity index (χ4n) is 1.89. The predicted molar refractivity (Wildman–Crippen MR) is 81.8 cm³/mol. The first-order valence-corrected chi connectivity index (χ1v) is 6.48. The monoisotopic (exact) mass is 279 g/mol. The molecule has 0 aliphatic heterocycles. The van der Waals surface area contributed by atoms with E-state index < -0.39 is 11.7 Å². The van der Waals surface area contributed by atoms with Crippen LogP contribution in [0.2, 0.25) is 0 Å². The van der Waals surface area contributed by atoms with E-state index >= 15 is 0 Å². The molecule has 0 radical (unpaired) electrons. The SMILES string of the molecule is CC(=N)C(C(=O)Nc1ccccc1)=C([O-])c1ccccc1. The van der Waals surface area contributed by atoms with Crippen molar-refractivity contribution >= 4 is 23.1 Å². The van der Waals surface area contributed by atoms with Crippen molar-refractivity contribution in [1.29, 1.82) is 5.41 Å². The summed E-state index contributed by atoms with van der Waals surface area (Å²) in [5, 5.41) is 22.7. The van der Waals surface area contributed by atoms with Crippen LogP contribution >= 0.6 is 0 Å². The molecule has 0 spiro atoms. The summed E-state index contributed by atoms with van der Waals surface area (Å²) in [4.78, 5) is 12.3. The average Bonchev–Trinajstić information content (AvgIpc) is 2.49. The molecule has 0 aliphatic carbocycles. The van der Waals surface area contributed by atoms with Crippen molar-refractivity contribution in [3.05, 3.63) is 71.8 Å². The molecule has 0 aromatic heterocycles. The number of para-hydroxylation sites is 1. The number of carbonyl (C=O) groups excluding carboxylic acids is 1. The molecule has 2 N–H and O–H groups in total. The van der Waals surface area contributed by atoms with Crippen molar-refractivity contribution in [2.45, 2.75) is 6.92 Å². The molecule has 0 saturated carbocycles. The first-order chi connectivity index (χ1) is 10.1. The van der Waals surface area contributed by atoms with Gasteiger partial charge in [-0.1, -0.05) is 54.3 Å². The van der Waals surface area contributed by atoms with Crippen LogP contribution in [0.5, 0.6) is 0 Å². The van der Waals surface area contributed by atoms with Crippen LogP contribution in [0.15, 0.2) is 66.2 Å². The van der Waals surface area contributed by atoms with Gasteiger partial charge in [0, 0.05) is 11.4 Å². The highest BCUT2D eigenvalue weighted by Crippen LogP contribution is 2.16. The summed E-state index contributed by atoms with van der Waals surface area (Å²) < 4.78 is 0. The van der Waals surface area contributed by atoms with Crippen molar-refractivity contribution in [3.8, 4) is 0 Å². The van der Waals surface area contributed by atoms with Crippen molar-refractivity contribution in [2.24, 2.45) is 0 Å². The van der Waals surface area contributed by atoms with Gasteiger partial charge >= 0.3 is 0 Å². The van der Waals surface area contributed by atoms with E-state index in [1.807, 2.05) is 6.07 Å². The van der Waals surface area contributed by atoms with Gasteiger partial charge in [0.05, 0.1) is 5.57 Å². The average molecular weight is 279 g/mol. The van der Waals surface area contributed by atoms with Gasteiger partial charge in [-0.15, -0.1) is 0 Å². The number of hydrogen-bond acceptors (Lipinski definition) is 3. The van der Waals surface area contributed by atoms with Crippen molar-refractivity contribution in [1.82, 2.24) is 0 Å². The Morgan fingerprint density at radius 1 is 1.00 bits per heavy atom. The van der Waals surface area contributed by atoms with Crippen LogP contribution in [0.1, 0.15) is 12.5 Å². The van der Waals surface area contributed by atoms with Crippen molar-refractivity contribution in [3.63, 3.8) is 0 Å². The molecule has 0 atom stereocenters. The maximum absolute atomic E-state index is 12.4. The molecule has 0 saturated heterocycles. The molecule has 2 aromatic rings. The maximum Gasteiger partial charge on any atom is 0.256 e. The van der Waals surface area contributed by atoms with Gasteiger partial charge in [0.15, 0.2) is 0 Å². The second-order valence-electron chi connectivity index (χ2n) is 4.52. The van der Waals surface area contributed by atoms with Gasteiger partial charge in [0.2, 0.25) is 0 Å². The Labute approximate surface area is 123 Å². The maximum atomic E-state index is 12.4. The standard InChI is InChI=1S/C17H16N2O2/c1-12(18)15(16(20)13-8-4-2-5-9-13)17(21)19-14-10-6-3-7-11-14/h2-11,18,20H,1H3,(H,19,21)/p-1. The number of benzene rings is 2. The topological polar surface area (TPSA) is 76.0 Å². The Balaban J connectivity index is 2.35. The lowest BCUT2D eigenvalue weighted by Gasteiger charge is -2.19. The van der Waals surface area contributed by atoms with E-state index in [0.29, 0.717) is 11.3 Å². The molecule has 0 heterocycles. The van der Waals surface area contributed by atoms with E-state index in [1.165, 1.54) is 6.92 Å². The van der Waals surface area contributed by atoms with Crippen LogP contribution in [-0.4, -0.2) is 11.6 Å². The third-order valence-electron chi connectivity index (χ3n) is 2.90. The number of rotatable bonds is 4. The van der Waals surface area contributed by atoms with Gasteiger partial charge in [-0.2, -0.15) is 0 Å². The van der Waals surface area contributed by atoms with Gasteiger partial charge in [0.25, 0.3) is 5.91 Å². The molecule has 106 valence electrons. The molecular weight excluding hydrogens is 264 g/mol. The Kier molecular flexibility index (Phi) is 4.51. The number of nitrogens with one attached hydrogen (secondary N) is 2. The molecule has 21 heavy (non-hydrogen) atoms. The zero-order valence-electron chi connectivity index (χ0n) is 11.6. The Morgan fingerprint density at radius 3 is 2.05 bits per heavy atom. The molecule has 2 aromatic carbocycles. The van der Waals surface area contributed by atoms with Crippen LogP contribution in [-0.2, 0) is 4.79 Å². The van der Waals surface area contributed by atoms with Crippen molar-refractivity contribution in [2.75, 3.05) is 5.32 Å². The summed E-state index contributed by atoms with van der Waals surface area (Å²) in [6.45, 7) is 1.43. The normalized spacial score (nSPS) is 11.5. The largest absolute Gasteiger partial charge is 0.871 e. The number of amides is 1. The van der Waals surface area contributed by atoms with Gasteiger partial charge in [-0.05, 0) is 24.6 Å². The van der Waals surface area contributed by atoms with E-state index in [2.05, 4.69) is 5.32 Å². The summed E-state index contributed by atoms with van der Waals surface area (Å²) >= 11 is 0. The van der Waals surface area contributed by atoms with Gasteiger partial charge in [-0.3, -0.25) is 4.79 Å². The van der Waals surface area contributed by atoms with Gasteiger partial charge in [-0.25, -0.2) is 0 Å². The minimum absolute atomic E-state index is 0.0581. The lowest BCUT2D eigenvalue weighted by atomic mass is 10.0. The van der Waals surface area contributed by atoms with Crippen LogP contribution < -0.4 is 10.4 Å². The van der Waals surface area contributed by atoms with E-state index in [9.17, 15) is 9.90 Å². The number of carbonyl (C=O) groups is 1. The van der Waals surface area contributed by atoms with E-state index in [0.717, 1.165) is 0 Å². The smallest absolute Gasteiger partial charge is 0.256 e. The third-order valence-corrected chi connectivity index (χ3v) is 2.90. The molecule has 0 fully saturated rings. The molecular formula is C17H15N2O2-. The van der Waals surface area contributed by atoms with Crippen LogP contribution in [0.25, 0.3) is 5.76 Å². The molecule has 0 aliphatic rings. The molecule has 4 nitrogen and oxygen atoms in total. The predicted octanol–water partition coefficient (Wildman–Crippen LogP) is 2.44. The lowest BCUT2D eigenvalue weighted by Crippen LogP contribution is -2.23. The van der Waals surface area contributed by atoms with Crippen LogP contribution in [0, 0.1) is 5.41 Å². The quantitative estimate of drug-likeness (QED) is 0.512. The third kappa shape index (κ3) is 3.57. The van der Waals surface area contributed by atoms with Crippen molar-refractivity contribution < 1.29 is 9.90 Å². The van der Waals surface area contributed by atoms with Crippen LogP contribution in [0.3, 0.4) is 0 Å². The van der Waals surface area contributed by atoms with Crippen LogP contribution in [0.4, 0.5) is 5.69 Å². The second kappa shape index (κ2) is 6.52. The first kappa shape index (κ1) is 14.5. The lowest BCUT2D eigenvalue weighted by molar-refractivity contribution is -0.244. The molecule has 2 rings (SSSR count). The minimum Gasteiger partial charge on any atom is -0.871 e.